The van der Waals surface area contributed by atoms with E-state index in [0.717, 1.165) is 12.8 Å². The first-order valence-electron chi connectivity index (χ1n) is 6.36. The molecule has 4 nitrogen and oxygen atoms in total. The molecule has 0 aliphatic carbocycles. The number of rotatable bonds is 11. The predicted octanol–water partition coefficient (Wildman–Crippen LogP) is 2.04. The summed E-state index contributed by atoms with van der Waals surface area (Å²) >= 11 is 11.0. The van der Waals surface area contributed by atoms with E-state index in [4.69, 9.17) is 23.2 Å². The average molecular weight is 297 g/mol. The summed E-state index contributed by atoms with van der Waals surface area (Å²) in [5, 5.41) is 5.62. The summed E-state index contributed by atoms with van der Waals surface area (Å²) in [5.74, 6) is 1.12. The minimum Gasteiger partial charge on any atom is -0.356 e. The van der Waals surface area contributed by atoms with Crippen molar-refractivity contribution in [2.75, 3.05) is 24.8 Å². The highest BCUT2D eigenvalue weighted by atomic mass is 35.5. The molecule has 0 bridgehead atoms. The van der Waals surface area contributed by atoms with Crippen molar-refractivity contribution in [3.8, 4) is 0 Å². The van der Waals surface area contributed by atoms with Gasteiger partial charge in [-0.05, 0) is 25.7 Å². The molecule has 0 aromatic rings. The second kappa shape index (κ2) is 13.0. The van der Waals surface area contributed by atoms with Crippen LogP contribution in [0.5, 0.6) is 0 Å². The summed E-state index contributed by atoms with van der Waals surface area (Å²) in [6.45, 7) is 1.30. The SMILES string of the molecule is O=C(CCCCl)NCCCCNC(=O)CCCCl. The molecule has 0 aliphatic rings. The van der Waals surface area contributed by atoms with Gasteiger partial charge >= 0.3 is 0 Å². The molecule has 0 aromatic carbocycles. The number of nitrogens with one attached hydrogen (secondary N) is 2. The highest BCUT2D eigenvalue weighted by molar-refractivity contribution is 6.18. The van der Waals surface area contributed by atoms with E-state index in [1.807, 2.05) is 0 Å². The van der Waals surface area contributed by atoms with Crippen LogP contribution in [-0.2, 0) is 9.59 Å². The van der Waals surface area contributed by atoms with Gasteiger partial charge < -0.3 is 10.6 Å². The molecule has 0 spiro atoms. The molecule has 0 radical (unpaired) electrons. The van der Waals surface area contributed by atoms with Gasteiger partial charge in [-0.3, -0.25) is 9.59 Å². The Hall–Kier alpha value is -0.480. The van der Waals surface area contributed by atoms with E-state index in [0.29, 0.717) is 50.5 Å². The highest BCUT2D eigenvalue weighted by Crippen LogP contribution is 1.93. The zero-order valence-corrected chi connectivity index (χ0v) is 12.2. The lowest BCUT2D eigenvalue weighted by atomic mass is 10.2. The summed E-state index contributed by atoms with van der Waals surface area (Å²) in [4.78, 5) is 22.4. The topological polar surface area (TPSA) is 58.2 Å². The van der Waals surface area contributed by atoms with E-state index in [9.17, 15) is 9.59 Å². The second-order valence-corrected chi connectivity index (χ2v) is 4.75. The third-order valence-electron chi connectivity index (χ3n) is 2.32. The van der Waals surface area contributed by atoms with E-state index in [2.05, 4.69) is 10.6 Å². The smallest absolute Gasteiger partial charge is 0.220 e. The lowest BCUT2D eigenvalue weighted by Crippen LogP contribution is -2.27. The van der Waals surface area contributed by atoms with E-state index in [1.165, 1.54) is 0 Å². The van der Waals surface area contributed by atoms with Gasteiger partial charge in [-0.15, -0.1) is 23.2 Å². The molecule has 106 valence electrons. The molecule has 0 unspecified atom stereocenters. The first-order chi connectivity index (χ1) is 8.70. The van der Waals surface area contributed by atoms with Crippen molar-refractivity contribution in [2.45, 2.75) is 38.5 Å². The van der Waals surface area contributed by atoms with Crippen LogP contribution < -0.4 is 10.6 Å². The predicted molar refractivity (Wildman–Crippen MR) is 75.2 cm³/mol. The Kier molecular flexibility index (Phi) is 12.6. The zero-order chi connectivity index (χ0) is 13.6. The van der Waals surface area contributed by atoms with Gasteiger partial charge in [0.1, 0.15) is 0 Å². The Bertz CT molecular complexity index is 214. The largest absolute Gasteiger partial charge is 0.356 e. The van der Waals surface area contributed by atoms with Crippen LogP contribution in [0.25, 0.3) is 0 Å². The Balaban J connectivity index is 3.25. The van der Waals surface area contributed by atoms with Gasteiger partial charge in [0.15, 0.2) is 0 Å². The van der Waals surface area contributed by atoms with Crippen molar-refractivity contribution < 1.29 is 9.59 Å². The lowest BCUT2D eigenvalue weighted by Gasteiger charge is -2.06. The Morgan fingerprint density at radius 1 is 0.722 bits per heavy atom. The van der Waals surface area contributed by atoms with Crippen molar-refractivity contribution in [1.82, 2.24) is 10.6 Å². The van der Waals surface area contributed by atoms with Crippen LogP contribution >= 0.6 is 23.2 Å². The molecule has 2 amide bonds. The second-order valence-electron chi connectivity index (χ2n) is 3.99. The van der Waals surface area contributed by atoms with Gasteiger partial charge in [0.2, 0.25) is 11.8 Å². The number of halogens is 2. The van der Waals surface area contributed by atoms with E-state index in [-0.39, 0.29) is 11.8 Å². The quantitative estimate of drug-likeness (QED) is 0.453. The van der Waals surface area contributed by atoms with Gasteiger partial charge in [0.05, 0.1) is 0 Å². The molecule has 0 fully saturated rings. The molecule has 0 aromatic heterocycles. The fourth-order valence-corrected chi connectivity index (χ4v) is 1.60. The van der Waals surface area contributed by atoms with Crippen LogP contribution in [0.4, 0.5) is 0 Å². The number of alkyl halides is 2. The number of hydrogen-bond acceptors (Lipinski definition) is 2. The van der Waals surface area contributed by atoms with E-state index < -0.39 is 0 Å². The normalized spacial score (nSPS) is 10.1. The van der Waals surface area contributed by atoms with Gasteiger partial charge in [-0.1, -0.05) is 0 Å². The van der Waals surface area contributed by atoms with Crippen molar-refractivity contribution >= 4 is 35.0 Å². The molecular weight excluding hydrogens is 275 g/mol. The molecule has 0 rings (SSSR count). The van der Waals surface area contributed by atoms with Crippen LogP contribution in [0.3, 0.4) is 0 Å². The summed E-state index contributed by atoms with van der Waals surface area (Å²) in [6, 6.07) is 0. The first kappa shape index (κ1) is 17.5. The number of unbranched alkanes of at least 4 members (excludes halogenated alkanes) is 1. The van der Waals surface area contributed by atoms with Crippen LogP contribution in [0, 0.1) is 0 Å². The van der Waals surface area contributed by atoms with Crippen molar-refractivity contribution in [3.63, 3.8) is 0 Å². The molecular formula is C12H22Cl2N2O2. The van der Waals surface area contributed by atoms with Crippen LogP contribution in [0.2, 0.25) is 0 Å². The Morgan fingerprint density at radius 2 is 1.11 bits per heavy atom. The Morgan fingerprint density at radius 3 is 1.44 bits per heavy atom. The maximum absolute atomic E-state index is 11.2. The van der Waals surface area contributed by atoms with E-state index >= 15 is 0 Å². The summed E-state index contributed by atoms with van der Waals surface area (Å²) in [6.07, 6.45) is 4.12. The summed E-state index contributed by atoms with van der Waals surface area (Å²) < 4.78 is 0. The van der Waals surface area contributed by atoms with Crippen LogP contribution in [0.1, 0.15) is 38.5 Å². The zero-order valence-electron chi connectivity index (χ0n) is 10.6. The summed E-state index contributed by atoms with van der Waals surface area (Å²) in [7, 11) is 0. The highest BCUT2D eigenvalue weighted by Gasteiger charge is 2.01. The van der Waals surface area contributed by atoms with Gasteiger partial charge in [-0.25, -0.2) is 0 Å². The average Bonchev–Trinajstić information content (AvgIpc) is 2.37. The maximum Gasteiger partial charge on any atom is 0.220 e. The van der Waals surface area contributed by atoms with Crippen LogP contribution in [-0.4, -0.2) is 36.7 Å². The minimum atomic E-state index is 0.0433. The van der Waals surface area contributed by atoms with Gasteiger partial charge in [0, 0.05) is 37.7 Å². The molecule has 6 heteroatoms. The Labute approximate surface area is 119 Å². The summed E-state index contributed by atoms with van der Waals surface area (Å²) in [5.41, 5.74) is 0. The molecule has 18 heavy (non-hydrogen) atoms. The molecule has 0 heterocycles. The first-order valence-corrected chi connectivity index (χ1v) is 7.43. The monoisotopic (exact) mass is 296 g/mol. The number of carbonyl (C=O) groups is 2. The van der Waals surface area contributed by atoms with E-state index in [1.54, 1.807) is 0 Å². The number of amides is 2. The van der Waals surface area contributed by atoms with Crippen molar-refractivity contribution in [1.29, 1.82) is 0 Å². The van der Waals surface area contributed by atoms with Gasteiger partial charge in [-0.2, -0.15) is 0 Å². The molecule has 2 N–H and O–H groups in total. The molecule has 0 aliphatic heterocycles. The third-order valence-corrected chi connectivity index (χ3v) is 2.86. The third kappa shape index (κ3) is 12.0. The fourth-order valence-electron chi connectivity index (χ4n) is 1.34. The molecule has 0 saturated carbocycles. The standard InChI is InChI=1S/C12H22Cl2N2O2/c13-7-3-5-11(17)15-9-1-2-10-16-12(18)6-4-8-14/h1-10H2,(H,15,17)(H,16,18). The molecule has 0 atom stereocenters. The van der Waals surface area contributed by atoms with Crippen molar-refractivity contribution in [3.05, 3.63) is 0 Å². The minimum absolute atomic E-state index is 0.0433. The maximum atomic E-state index is 11.2. The van der Waals surface area contributed by atoms with Gasteiger partial charge in [0.25, 0.3) is 0 Å². The molecule has 0 saturated heterocycles. The lowest BCUT2D eigenvalue weighted by molar-refractivity contribution is -0.122. The fraction of sp³-hybridized carbons (Fsp3) is 0.833. The van der Waals surface area contributed by atoms with Crippen molar-refractivity contribution in [2.24, 2.45) is 0 Å². The number of hydrogen-bond donors (Lipinski definition) is 2. The number of carbonyl (C=O) groups excluding carboxylic acids is 2. The van der Waals surface area contributed by atoms with Crippen LogP contribution in [0.15, 0.2) is 0 Å².